The molecule has 1 amide bonds. The summed E-state index contributed by atoms with van der Waals surface area (Å²) < 4.78 is 28.3. The average Bonchev–Trinajstić information content (AvgIpc) is 2.99. The van der Waals surface area contributed by atoms with Gasteiger partial charge in [-0.1, -0.05) is 6.07 Å². The molecule has 0 radical (unpaired) electrons. The van der Waals surface area contributed by atoms with Gasteiger partial charge >= 0.3 is 0 Å². The summed E-state index contributed by atoms with van der Waals surface area (Å²) in [5, 5.41) is 16.8. The Morgan fingerprint density at radius 1 is 1.38 bits per heavy atom. The topological polar surface area (TPSA) is 67.2 Å². The predicted octanol–water partition coefficient (Wildman–Crippen LogP) is 1.83. The molecule has 2 aromatic rings. The van der Waals surface area contributed by atoms with E-state index in [-0.39, 0.29) is 24.4 Å². The lowest BCUT2D eigenvalue weighted by Gasteiger charge is -2.15. The number of amides is 1. The van der Waals surface area contributed by atoms with Crippen molar-refractivity contribution in [2.24, 2.45) is 0 Å². The zero-order valence-corrected chi connectivity index (χ0v) is 13.1. The zero-order valence-electron chi connectivity index (χ0n) is 13.1. The van der Waals surface area contributed by atoms with Crippen molar-refractivity contribution in [3.8, 4) is 0 Å². The van der Waals surface area contributed by atoms with Crippen molar-refractivity contribution >= 4 is 5.91 Å². The number of aromatic nitrogens is 2. The first-order chi connectivity index (χ1) is 11.5. The van der Waals surface area contributed by atoms with Gasteiger partial charge in [-0.25, -0.2) is 8.78 Å². The monoisotopic (exact) mass is 335 g/mol. The number of aryl methyl sites for hydroxylation is 1. The van der Waals surface area contributed by atoms with Gasteiger partial charge in [0.2, 0.25) is 0 Å². The van der Waals surface area contributed by atoms with Crippen LogP contribution in [0.3, 0.4) is 0 Å². The van der Waals surface area contributed by atoms with Gasteiger partial charge in [-0.3, -0.25) is 9.48 Å². The smallest absolute Gasteiger partial charge is 0.254 e. The van der Waals surface area contributed by atoms with E-state index < -0.39 is 17.7 Å². The van der Waals surface area contributed by atoms with Crippen LogP contribution in [0.4, 0.5) is 8.78 Å². The van der Waals surface area contributed by atoms with E-state index >= 15 is 0 Å². The second-order valence-corrected chi connectivity index (χ2v) is 5.99. The summed E-state index contributed by atoms with van der Waals surface area (Å²) in [4.78, 5) is 12.2. The third-order valence-electron chi connectivity index (χ3n) is 4.20. The molecular formula is C17H19F2N3O2. The maximum absolute atomic E-state index is 13.6. The molecule has 0 saturated carbocycles. The Hall–Kier alpha value is -2.28. The van der Waals surface area contributed by atoms with Crippen molar-refractivity contribution < 1.29 is 18.7 Å². The van der Waals surface area contributed by atoms with Crippen LogP contribution in [0.5, 0.6) is 0 Å². The van der Waals surface area contributed by atoms with E-state index in [0.717, 1.165) is 43.6 Å². The summed E-state index contributed by atoms with van der Waals surface area (Å²) in [7, 11) is 0. The molecule has 3 rings (SSSR count). The SMILES string of the molecule is O=C(NC[C@@H](O)Cc1ccc(F)cc1F)c1cnn2c1CCCC2. The van der Waals surface area contributed by atoms with Crippen LogP contribution < -0.4 is 5.32 Å². The molecule has 1 aromatic heterocycles. The largest absolute Gasteiger partial charge is 0.391 e. The van der Waals surface area contributed by atoms with Crippen molar-refractivity contribution in [2.75, 3.05) is 6.54 Å². The molecule has 128 valence electrons. The number of hydrogen-bond donors (Lipinski definition) is 2. The standard InChI is InChI=1S/C17H19F2N3O2/c18-12-5-4-11(15(19)8-12)7-13(23)9-20-17(24)14-10-21-22-6-2-1-3-16(14)22/h4-5,8,10,13,23H,1-3,6-7,9H2,(H,20,24)/t13-/m0/s1. The van der Waals surface area contributed by atoms with Crippen molar-refractivity contribution in [2.45, 2.75) is 38.3 Å². The summed E-state index contributed by atoms with van der Waals surface area (Å²) in [6.07, 6.45) is 3.48. The summed E-state index contributed by atoms with van der Waals surface area (Å²) in [6, 6.07) is 3.21. The van der Waals surface area contributed by atoms with Gasteiger partial charge in [0.15, 0.2) is 0 Å². The fourth-order valence-electron chi connectivity index (χ4n) is 2.93. The fourth-order valence-corrected chi connectivity index (χ4v) is 2.93. The average molecular weight is 335 g/mol. The Bertz CT molecular complexity index is 745. The number of hydrogen-bond acceptors (Lipinski definition) is 3. The molecule has 0 saturated heterocycles. The predicted molar refractivity (Wildman–Crippen MR) is 83.6 cm³/mol. The van der Waals surface area contributed by atoms with E-state index in [1.807, 2.05) is 4.68 Å². The minimum absolute atomic E-state index is 0.00148. The molecule has 0 unspecified atom stereocenters. The number of nitrogens with one attached hydrogen (secondary N) is 1. The van der Waals surface area contributed by atoms with Crippen molar-refractivity contribution in [3.05, 3.63) is 52.9 Å². The van der Waals surface area contributed by atoms with Crippen LogP contribution in [0.25, 0.3) is 0 Å². The van der Waals surface area contributed by atoms with Gasteiger partial charge in [0.25, 0.3) is 5.91 Å². The minimum atomic E-state index is -0.958. The Balaban J connectivity index is 1.57. The molecule has 0 aliphatic carbocycles. The minimum Gasteiger partial charge on any atom is -0.391 e. The fraction of sp³-hybridized carbons (Fsp3) is 0.412. The zero-order chi connectivity index (χ0) is 17.1. The highest BCUT2D eigenvalue weighted by Crippen LogP contribution is 2.18. The van der Waals surface area contributed by atoms with Gasteiger partial charge in [0, 0.05) is 25.6 Å². The highest BCUT2D eigenvalue weighted by molar-refractivity contribution is 5.95. The Kier molecular flexibility index (Phi) is 4.89. The molecule has 0 fully saturated rings. The first kappa shape index (κ1) is 16.6. The second kappa shape index (κ2) is 7.09. The first-order valence-corrected chi connectivity index (χ1v) is 7.99. The Morgan fingerprint density at radius 3 is 3.00 bits per heavy atom. The third kappa shape index (κ3) is 3.62. The van der Waals surface area contributed by atoms with Crippen LogP contribution in [0, 0.1) is 11.6 Å². The molecule has 0 bridgehead atoms. The van der Waals surface area contributed by atoms with E-state index in [2.05, 4.69) is 10.4 Å². The molecular weight excluding hydrogens is 316 g/mol. The maximum Gasteiger partial charge on any atom is 0.254 e. The van der Waals surface area contributed by atoms with E-state index in [1.165, 1.54) is 6.07 Å². The number of rotatable bonds is 5. The van der Waals surface area contributed by atoms with Gasteiger partial charge in [-0.15, -0.1) is 0 Å². The lowest BCUT2D eigenvalue weighted by atomic mass is 10.1. The Morgan fingerprint density at radius 2 is 2.21 bits per heavy atom. The Labute approximate surface area is 138 Å². The molecule has 1 aliphatic rings. The lowest BCUT2D eigenvalue weighted by Crippen LogP contribution is -2.34. The molecule has 24 heavy (non-hydrogen) atoms. The molecule has 2 N–H and O–H groups in total. The maximum atomic E-state index is 13.6. The van der Waals surface area contributed by atoms with Crippen LogP contribution in [-0.4, -0.2) is 33.4 Å². The van der Waals surface area contributed by atoms with Crippen molar-refractivity contribution in [1.29, 1.82) is 0 Å². The number of fused-ring (bicyclic) bond motifs is 1. The quantitative estimate of drug-likeness (QED) is 0.876. The first-order valence-electron chi connectivity index (χ1n) is 7.99. The highest BCUT2D eigenvalue weighted by atomic mass is 19.1. The number of aliphatic hydroxyl groups excluding tert-OH is 1. The number of carbonyl (C=O) groups excluding carboxylic acids is 1. The highest BCUT2D eigenvalue weighted by Gasteiger charge is 2.20. The van der Waals surface area contributed by atoms with Crippen LogP contribution in [0.1, 0.15) is 34.5 Å². The van der Waals surface area contributed by atoms with E-state index in [0.29, 0.717) is 5.56 Å². The lowest BCUT2D eigenvalue weighted by molar-refractivity contribution is 0.0914. The molecule has 5 nitrogen and oxygen atoms in total. The van der Waals surface area contributed by atoms with E-state index in [1.54, 1.807) is 6.20 Å². The van der Waals surface area contributed by atoms with Gasteiger partial charge in [0.05, 0.1) is 23.6 Å². The van der Waals surface area contributed by atoms with Gasteiger partial charge < -0.3 is 10.4 Å². The van der Waals surface area contributed by atoms with E-state index in [9.17, 15) is 18.7 Å². The third-order valence-corrected chi connectivity index (χ3v) is 4.20. The molecule has 7 heteroatoms. The number of carbonyl (C=O) groups is 1. The molecule has 1 aliphatic heterocycles. The summed E-state index contributed by atoms with van der Waals surface area (Å²) >= 11 is 0. The summed E-state index contributed by atoms with van der Waals surface area (Å²) in [5.74, 6) is -1.66. The van der Waals surface area contributed by atoms with Crippen LogP contribution in [0.2, 0.25) is 0 Å². The van der Waals surface area contributed by atoms with Gasteiger partial charge in [0.1, 0.15) is 11.6 Å². The number of halogens is 2. The van der Waals surface area contributed by atoms with Crippen molar-refractivity contribution in [1.82, 2.24) is 15.1 Å². The molecule has 1 atom stereocenters. The van der Waals surface area contributed by atoms with Crippen LogP contribution in [0.15, 0.2) is 24.4 Å². The van der Waals surface area contributed by atoms with Gasteiger partial charge in [-0.2, -0.15) is 5.10 Å². The molecule has 2 heterocycles. The number of aliphatic hydroxyl groups is 1. The summed E-state index contributed by atoms with van der Waals surface area (Å²) in [5.41, 5.74) is 1.65. The normalized spacial score (nSPS) is 15.0. The number of benzene rings is 1. The van der Waals surface area contributed by atoms with Gasteiger partial charge in [-0.05, 0) is 30.9 Å². The molecule has 1 aromatic carbocycles. The van der Waals surface area contributed by atoms with E-state index in [4.69, 9.17) is 0 Å². The number of nitrogens with zero attached hydrogens (tertiary/aromatic N) is 2. The van der Waals surface area contributed by atoms with Crippen LogP contribution >= 0.6 is 0 Å². The van der Waals surface area contributed by atoms with Crippen LogP contribution in [-0.2, 0) is 19.4 Å². The van der Waals surface area contributed by atoms with Crippen molar-refractivity contribution in [3.63, 3.8) is 0 Å². The molecule has 0 spiro atoms. The summed E-state index contributed by atoms with van der Waals surface area (Å²) in [6.45, 7) is 0.801. The second-order valence-electron chi connectivity index (χ2n) is 5.99.